The Kier molecular flexibility index (Phi) is 4.69. The lowest BCUT2D eigenvalue weighted by Gasteiger charge is -2.12. The smallest absolute Gasteiger partial charge is 0.370 e. The van der Waals surface area contributed by atoms with E-state index in [0.29, 0.717) is 6.42 Å². The molecule has 1 atom stereocenters. The van der Waals surface area contributed by atoms with Gasteiger partial charge in [0.25, 0.3) is 0 Å². The molecule has 1 aromatic heterocycles. The van der Waals surface area contributed by atoms with Crippen LogP contribution in [0.4, 0.5) is 13.2 Å². The predicted molar refractivity (Wildman–Crippen MR) is 55.4 cm³/mol. The van der Waals surface area contributed by atoms with Gasteiger partial charge in [-0.3, -0.25) is 0 Å². The van der Waals surface area contributed by atoms with Gasteiger partial charge in [-0.25, -0.2) is 4.98 Å². The zero-order valence-corrected chi connectivity index (χ0v) is 9.57. The molecule has 16 heavy (non-hydrogen) atoms. The molecule has 0 spiro atoms. The van der Waals surface area contributed by atoms with Crippen LogP contribution >= 0.6 is 11.3 Å². The molecule has 1 rings (SSSR count). The van der Waals surface area contributed by atoms with Crippen molar-refractivity contribution in [2.45, 2.75) is 25.6 Å². The summed E-state index contributed by atoms with van der Waals surface area (Å²) >= 11 is 1.49. The fourth-order valence-electron chi connectivity index (χ4n) is 1.16. The number of thiazole rings is 1. The fraction of sp³-hybridized carbons (Fsp3) is 0.667. The third-order valence-corrected chi connectivity index (χ3v) is 2.56. The largest absolute Gasteiger partial charge is 0.411 e. The maximum Gasteiger partial charge on any atom is 0.411 e. The normalized spacial score (nSPS) is 14.1. The standard InChI is InChI=1S/C9H13F3N2OS/c1-6-14-8(4-16-6)2-7(13)3-15-5-9(10,11)12/h4,7H,2-3,5,13H2,1H3. The number of hydrogen-bond acceptors (Lipinski definition) is 4. The summed E-state index contributed by atoms with van der Waals surface area (Å²) < 4.78 is 39.7. The van der Waals surface area contributed by atoms with E-state index < -0.39 is 18.8 Å². The zero-order valence-electron chi connectivity index (χ0n) is 8.75. The van der Waals surface area contributed by atoms with Gasteiger partial charge in [0.2, 0.25) is 0 Å². The van der Waals surface area contributed by atoms with Gasteiger partial charge in [-0.2, -0.15) is 13.2 Å². The van der Waals surface area contributed by atoms with Crippen molar-refractivity contribution in [2.24, 2.45) is 5.73 Å². The van der Waals surface area contributed by atoms with Gasteiger partial charge in [0.15, 0.2) is 0 Å². The van der Waals surface area contributed by atoms with E-state index in [1.807, 2.05) is 12.3 Å². The van der Waals surface area contributed by atoms with Crippen LogP contribution in [0.3, 0.4) is 0 Å². The number of rotatable bonds is 5. The Morgan fingerprint density at radius 3 is 2.75 bits per heavy atom. The maximum absolute atomic E-state index is 11.8. The second-order valence-electron chi connectivity index (χ2n) is 3.45. The molecular formula is C9H13F3N2OS. The Morgan fingerprint density at radius 1 is 1.56 bits per heavy atom. The first kappa shape index (κ1) is 13.4. The van der Waals surface area contributed by atoms with Crippen LogP contribution in [0, 0.1) is 6.92 Å². The van der Waals surface area contributed by atoms with Crippen molar-refractivity contribution in [1.29, 1.82) is 0 Å². The molecule has 1 aromatic rings. The molecule has 0 saturated carbocycles. The van der Waals surface area contributed by atoms with Gasteiger partial charge in [-0.05, 0) is 6.92 Å². The molecule has 0 radical (unpaired) electrons. The maximum atomic E-state index is 11.8. The first-order valence-corrected chi connectivity index (χ1v) is 5.56. The summed E-state index contributed by atoms with van der Waals surface area (Å²) in [5.41, 5.74) is 6.41. The molecule has 1 unspecified atom stereocenters. The quantitative estimate of drug-likeness (QED) is 0.873. The second-order valence-corrected chi connectivity index (χ2v) is 4.51. The van der Waals surface area contributed by atoms with E-state index in [0.717, 1.165) is 10.7 Å². The monoisotopic (exact) mass is 254 g/mol. The minimum absolute atomic E-state index is 0.115. The number of alkyl halides is 3. The molecule has 0 aliphatic rings. The summed E-state index contributed by atoms with van der Waals surface area (Å²) in [6.07, 6.45) is -3.86. The highest BCUT2D eigenvalue weighted by atomic mass is 32.1. The SMILES string of the molecule is Cc1nc(CC(N)COCC(F)(F)F)cs1. The van der Waals surface area contributed by atoms with Crippen molar-refractivity contribution in [3.63, 3.8) is 0 Å². The third kappa shape index (κ3) is 5.43. The Balaban J connectivity index is 2.23. The predicted octanol–water partition coefficient (Wildman–Crippen LogP) is 1.90. The molecule has 0 fully saturated rings. The number of aromatic nitrogens is 1. The van der Waals surface area contributed by atoms with Crippen molar-refractivity contribution in [2.75, 3.05) is 13.2 Å². The summed E-state index contributed by atoms with van der Waals surface area (Å²) in [6, 6.07) is -0.455. The summed E-state index contributed by atoms with van der Waals surface area (Å²) in [6.45, 7) is 0.493. The lowest BCUT2D eigenvalue weighted by atomic mass is 10.2. The highest BCUT2D eigenvalue weighted by Gasteiger charge is 2.27. The van der Waals surface area contributed by atoms with E-state index in [-0.39, 0.29) is 6.61 Å². The van der Waals surface area contributed by atoms with Crippen LogP contribution < -0.4 is 5.73 Å². The van der Waals surface area contributed by atoms with Gasteiger partial charge in [-0.15, -0.1) is 11.3 Å². The Hall–Kier alpha value is -0.660. The number of halogens is 3. The minimum atomic E-state index is -4.29. The van der Waals surface area contributed by atoms with Crippen LogP contribution in [0.5, 0.6) is 0 Å². The molecule has 92 valence electrons. The van der Waals surface area contributed by atoms with Gasteiger partial charge < -0.3 is 10.5 Å². The van der Waals surface area contributed by atoms with Gasteiger partial charge in [0.05, 0.1) is 17.3 Å². The van der Waals surface area contributed by atoms with E-state index in [4.69, 9.17) is 5.73 Å². The summed E-state index contributed by atoms with van der Waals surface area (Å²) in [5.74, 6) is 0. The molecule has 0 bridgehead atoms. The fourth-order valence-corrected chi connectivity index (χ4v) is 1.78. The Labute approximate surface area is 95.4 Å². The first-order chi connectivity index (χ1) is 7.37. The van der Waals surface area contributed by atoms with Crippen molar-refractivity contribution in [1.82, 2.24) is 4.98 Å². The molecule has 1 heterocycles. The van der Waals surface area contributed by atoms with Crippen molar-refractivity contribution >= 4 is 11.3 Å². The van der Waals surface area contributed by atoms with Gasteiger partial charge in [0, 0.05) is 17.8 Å². The molecule has 7 heteroatoms. The second kappa shape index (κ2) is 5.60. The van der Waals surface area contributed by atoms with E-state index in [9.17, 15) is 13.2 Å². The van der Waals surface area contributed by atoms with Gasteiger partial charge >= 0.3 is 6.18 Å². The number of nitrogens with two attached hydrogens (primary N) is 1. The lowest BCUT2D eigenvalue weighted by Crippen LogP contribution is -2.31. The number of nitrogens with zero attached hydrogens (tertiary/aromatic N) is 1. The molecule has 0 amide bonds. The van der Waals surface area contributed by atoms with E-state index in [2.05, 4.69) is 9.72 Å². The van der Waals surface area contributed by atoms with Gasteiger partial charge in [-0.1, -0.05) is 0 Å². The van der Waals surface area contributed by atoms with Crippen LogP contribution in [0.2, 0.25) is 0 Å². The van der Waals surface area contributed by atoms with Crippen LogP contribution in [0.25, 0.3) is 0 Å². The average molecular weight is 254 g/mol. The topological polar surface area (TPSA) is 48.1 Å². The van der Waals surface area contributed by atoms with Crippen LogP contribution in [0.1, 0.15) is 10.7 Å². The van der Waals surface area contributed by atoms with Crippen LogP contribution in [-0.4, -0.2) is 30.4 Å². The third-order valence-electron chi connectivity index (χ3n) is 1.74. The molecule has 0 aliphatic carbocycles. The molecule has 3 nitrogen and oxygen atoms in total. The zero-order chi connectivity index (χ0) is 12.2. The molecular weight excluding hydrogens is 241 g/mol. The van der Waals surface area contributed by atoms with Crippen LogP contribution in [0.15, 0.2) is 5.38 Å². The lowest BCUT2D eigenvalue weighted by molar-refractivity contribution is -0.174. The minimum Gasteiger partial charge on any atom is -0.370 e. The highest BCUT2D eigenvalue weighted by molar-refractivity contribution is 7.09. The Morgan fingerprint density at radius 2 is 2.25 bits per heavy atom. The van der Waals surface area contributed by atoms with Crippen molar-refractivity contribution < 1.29 is 17.9 Å². The van der Waals surface area contributed by atoms with Crippen molar-refractivity contribution in [3.05, 3.63) is 16.1 Å². The average Bonchev–Trinajstić information content (AvgIpc) is 2.48. The highest BCUT2D eigenvalue weighted by Crippen LogP contribution is 2.15. The summed E-state index contributed by atoms with van der Waals surface area (Å²) in [5, 5.41) is 2.76. The molecule has 0 saturated heterocycles. The van der Waals surface area contributed by atoms with E-state index >= 15 is 0 Å². The van der Waals surface area contributed by atoms with E-state index in [1.165, 1.54) is 11.3 Å². The van der Waals surface area contributed by atoms with Crippen LogP contribution in [-0.2, 0) is 11.2 Å². The number of ether oxygens (including phenoxy) is 1. The molecule has 0 aromatic carbocycles. The van der Waals surface area contributed by atoms with Gasteiger partial charge in [0.1, 0.15) is 6.61 Å². The summed E-state index contributed by atoms with van der Waals surface area (Å²) in [7, 11) is 0. The summed E-state index contributed by atoms with van der Waals surface area (Å²) in [4.78, 5) is 4.17. The first-order valence-electron chi connectivity index (χ1n) is 4.68. The van der Waals surface area contributed by atoms with Crippen molar-refractivity contribution in [3.8, 4) is 0 Å². The Bertz CT molecular complexity index is 327. The number of hydrogen-bond donors (Lipinski definition) is 1. The number of aryl methyl sites for hydroxylation is 1. The molecule has 0 aliphatic heterocycles. The molecule has 2 N–H and O–H groups in total. The van der Waals surface area contributed by atoms with E-state index in [1.54, 1.807) is 0 Å².